The van der Waals surface area contributed by atoms with Crippen molar-refractivity contribution in [3.05, 3.63) is 0 Å². The van der Waals surface area contributed by atoms with Gasteiger partial charge in [-0.15, -0.1) is 0 Å². The molecular weight excluding hydrogens is 162 g/mol. The number of ketones is 1. The number of carbonyl (C=O) groups is 1. The molecule has 0 spiro atoms. The summed E-state index contributed by atoms with van der Waals surface area (Å²) in [6.07, 6.45) is 3.58. The van der Waals surface area contributed by atoms with Crippen LogP contribution in [0.5, 0.6) is 0 Å². The molecule has 2 fully saturated rings. The van der Waals surface area contributed by atoms with Gasteiger partial charge in [-0.3, -0.25) is 9.69 Å². The van der Waals surface area contributed by atoms with Crippen molar-refractivity contribution in [2.75, 3.05) is 13.1 Å². The molecule has 0 bridgehead atoms. The first-order valence-electron chi connectivity index (χ1n) is 5.45. The third kappa shape index (κ3) is 1.93. The minimum Gasteiger partial charge on any atom is -0.299 e. The molecular formula is C11H19NO. The van der Waals surface area contributed by atoms with Crippen molar-refractivity contribution in [2.45, 2.75) is 39.2 Å². The van der Waals surface area contributed by atoms with E-state index in [1.54, 1.807) is 0 Å². The second kappa shape index (κ2) is 3.41. The highest BCUT2D eigenvalue weighted by Crippen LogP contribution is 2.36. The fraction of sp³-hybridized carbons (Fsp3) is 0.909. The molecule has 13 heavy (non-hydrogen) atoms. The summed E-state index contributed by atoms with van der Waals surface area (Å²) in [4.78, 5) is 13.8. The van der Waals surface area contributed by atoms with Gasteiger partial charge in [0.25, 0.3) is 0 Å². The normalized spacial score (nSPS) is 33.4. The second-order valence-electron chi connectivity index (χ2n) is 4.69. The topological polar surface area (TPSA) is 20.3 Å². The molecule has 0 aromatic rings. The van der Waals surface area contributed by atoms with E-state index in [9.17, 15) is 4.79 Å². The standard InChI is InChI=1S/C11H19NO/c1-8-7-12(6-5-11(8)13)9(2)10-3-4-10/h8-10H,3-7H2,1-2H3. The molecule has 2 heteroatoms. The molecule has 0 aromatic carbocycles. The fourth-order valence-corrected chi connectivity index (χ4v) is 2.29. The van der Waals surface area contributed by atoms with E-state index < -0.39 is 0 Å². The van der Waals surface area contributed by atoms with Crippen molar-refractivity contribution in [3.8, 4) is 0 Å². The maximum atomic E-state index is 11.3. The summed E-state index contributed by atoms with van der Waals surface area (Å²) in [6.45, 7) is 6.38. The van der Waals surface area contributed by atoms with Gasteiger partial charge in [0.1, 0.15) is 5.78 Å². The molecule has 2 atom stereocenters. The highest BCUT2D eigenvalue weighted by atomic mass is 16.1. The third-order valence-corrected chi connectivity index (χ3v) is 3.58. The van der Waals surface area contributed by atoms with Gasteiger partial charge in [0.2, 0.25) is 0 Å². The zero-order valence-corrected chi connectivity index (χ0v) is 8.62. The van der Waals surface area contributed by atoms with Crippen molar-refractivity contribution in [1.29, 1.82) is 0 Å². The number of Topliss-reactive ketones (excluding diaryl/α,β-unsaturated/α-hetero) is 1. The predicted octanol–water partition coefficient (Wildman–Crippen LogP) is 1.70. The number of piperidine rings is 1. The Morgan fingerprint density at radius 3 is 2.69 bits per heavy atom. The average molecular weight is 181 g/mol. The van der Waals surface area contributed by atoms with Crippen LogP contribution in [0, 0.1) is 11.8 Å². The van der Waals surface area contributed by atoms with E-state index in [1.165, 1.54) is 12.8 Å². The van der Waals surface area contributed by atoms with E-state index in [-0.39, 0.29) is 5.92 Å². The van der Waals surface area contributed by atoms with Gasteiger partial charge in [0, 0.05) is 31.5 Å². The summed E-state index contributed by atoms with van der Waals surface area (Å²) in [7, 11) is 0. The molecule has 0 radical (unpaired) electrons. The van der Waals surface area contributed by atoms with E-state index in [0.717, 1.165) is 31.5 Å². The minimum absolute atomic E-state index is 0.273. The van der Waals surface area contributed by atoms with Crippen molar-refractivity contribution < 1.29 is 4.79 Å². The first-order valence-corrected chi connectivity index (χ1v) is 5.45. The smallest absolute Gasteiger partial charge is 0.138 e. The number of carbonyl (C=O) groups excluding carboxylic acids is 1. The minimum atomic E-state index is 0.273. The molecule has 1 aliphatic heterocycles. The maximum Gasteiger partial charge on any atom is 0.138 e. The SMILES string of the molecule is CC1CN(C(C)C2CC2)CCC1=O. The van der Waals surface area contributed by atoms with E-state index in [1.807, 2.05) is 0 Å². The molecule has 1 saturated heterocycles. The Hall–Kier alpha value is -0.370. The van der Waals surface area contributed by atoms with Crippen molar-refractivity contribution >= 4 is 5.78 Å². The van der Waals surface area contributed by atoms with Crippen LogP contribution in [0.25, 0.3) is 0 Å². The van der Waals surface area contributed by atoms with Crippen LogP contribution < -0.4 is 0 Å². The molecule has 0 N–H and O–H groups in total. The third-order valence-electron chi connectivity index (χ3n) is 3.58. The van der Waals surface area contributed by atoms with Gasteiger partial charge in [-0.05, 0) is 25.7 Å². The van der Waals surface area contributed by atoms with Crippen LogP contribution in [-0.2, 0) is 4.79 Å². The van der Waals surface area contributed by atoms with E-state index >= 15 is 0 Å². The van der Waals surface area contributed by atoms with Crippen LogP contribution >= 0.6 is 0 Å². The average Bonchev–Trinajstić information content (AvgIpc) is 2.91. The number of hydrogen-bond donors (Lipinski definition) is 0. The van der Waals surface area contributed by atoms with Gasteiger partial charge in [-0.1, -0.05) is 6.92 Å². The van der Waals surface area contributed by atoms with Gasteiger partial charge in [0.15, 0.2) is 0 Å². The number of nitrogens with zero attached hydrogens (tertiary/aromatic N) is 1. The Morgan fingerprint density at radius 1 is 1.46 bits per heavy atom. The molecule has 2 aliphatic rings. The Balaban J connectivity index is 1.90. The Bertz CT molecular complexity index is 210. The molecule has 2 rings (SSSR count). The lowest BCUT2D eigenvalue weighted by Gasteiger charge is -2.34. The number of likely N-dealkylation sites (tertiary alicyclic amines) is 1. The van der Waals surface area contributed by atoms with Crippen LogP contribution in [0.4, 0.5) is 0 Å². The van der Waals surface area contributed by atoms with Gasteiger partial charge in [0.05, 0.1) is 0 Å². The van der Waals surface area contributed by atoms with Crippen LogP contribution in [0.2, 0.25) is 0 Å². The highest BCUT2D eigenvalue weighted by molar-refractivity contribution is 5.81. The first-order chi connectivity index (χ1) is 6.18. The van der Waals surface area contributed by atoms with Crippen molar-refractivity contribution in [1.82, 2.24) is 4.90 Å². The largest absolute Gasteiger partial charge is 0.299 e. The van der Waals surface area contributed by atoms with Gasteiger partial charge in [-0.2, -0.15) is 0 Å². The molecule has 2 unspecified atom stereocenters. The summed E-state index contributed by atoms with van der Waals surface area (Å²) in [5.74, 6) is 1.66. The molecule has 1 aliphatic carbocycles. The highest BCUT2D eigenvalue weighted by Gasteiger charge is 2.35. The molecule has 1 heterocycles. The Kier molecular flexibility index (Phi) is 2.41. The summed E-state index contributed by atoms with van der Waals surface area (Å²) in [6, 6.07) is 0.718. The molecule has 74 valence electrons. The van der Waals surface area contributed by atoms with Crippen molar-refractivity contribution in [3.63, 3.8) is 0 Å². The number of rotatable bonds is 2. The van der Waals surface area contributed by atoms with E-state index in [0.29, 0.717) is 5.78 Å². The number of hydrogen-bond acceptors (Lipinski definition) is 2. The lowest BCUT2D eigenvalue weighted by molar-refractivity contribution is -0.126. The summed E-state index contributed by atoms with van der Waals surface area (Å²) in [5.41, 5.74) is 0. The predicted molar refractivity (Wildman–Crippen MR) is 52.5 cm³/mol. The maximum absolute atomic E-state index is 11.3. The molecule has 0 aromatic heterocycles. The fourth-order valence-electron chi connectivity index (χ4n) is 2.29. The molecule has 1 saturated carbocycles. The van der Waals surface area contributed by atoms with Crippen LogP contribution in [-0.4, -0.2) is 29.8 Å². The van der Waals surface area contributed by atoms with Gasteiger partial charge in [-0.25, -0.2) is 0 Å². The van der Waals surface area contributed by atoms with Crippen molar-refractivity contribution in [2.24, 2.45) is 11.8 Å². The lowest BCUT2D eigenvalue weighted by Crippen LogP contribution is -2.45. The zero-order valence-electron chi connectivity index (χ0n) is 8.62. The first kappa shape index (κ1) is 9.20. The van der Waals surface area contributed by atoms with Gasteiger partial charge >= 0.3 is 0 Å². The van der Waals surface area contributed by atoms with Gasteiger partial charge < -0.3 is 0 Å². The zero-order chi connectivity index (χ0) is 9.42. The molecule has 0 amide bonds. The lowest BCUT2D eigenvalue weighted by atomic mass is 9.96. The second-order valence-corrected chi connectivity index (χ2v) is 4.69. The van der Waals surface area contributed by atoms with Crippen LogP contribution in [0.15, 0.2) is 0 Å². The van der Waals surface area contributed by atoms with E-state index in [4.69, 9.17) is 0 Å². The summed E-state index contributed by atoms with van der Waals surface area (Å²) >= 11 is 0. The Morgan fingerprint density at radius 2 is 2.15 bits per heavy atom. The summed E-state index contributed by atoms with van der Waals surface area (Å²) in [5, 5.41) is 0. The quantitative estimate of drug-likeness (QED) is 0.646. The van der Waals surface area contributed by atoms with Crippen LogP contribution in [0.1, 0.15) is 33.1 Å². The van der Waals surface area contributed by atoms with Crippen LogP contribution in [0.3, 0.4) is 0 Å². The van der Waals surface area contributed by atoms with E-state index in [2.05, 4.69) is 18.7 Å². The Labute approximate surface area is 80.3 Å². The summed E-state index contributed by atoms with van der Waals surface area (Å²) < 4.78 is 0. The molecule has 2 nitrogen and oxygen atoms in total. The monoisotopic (exact) mass is 181 g/mol.